The summed E-state index contributed by atoms with van der Waals surface area (Å²) in [7, 11) is 0. The number of nitriles is 1. The molecule has 5 heteroatoms. The summed E-state index contributed by atoms with van der Waals surface area (Å²) in [6.07, 6.45) is 0.666. The van der Waals surface area contributed by atoms with Crippen LogP contribution in [-0.4, -0.2) is 35.8 Å². The number of para-hydroxylation sites is 1. The number of carbonyl (C=O) groups is 2. The topological polar surface area (TPSA) is 64.4 Å². The standard InChI is InChI=1S/C20H19N3O2/c1-15(24)22-14-20(25)23(19-10-6-5-9-17(19)12-21)13-18(22)11-16-7-3-2-4-8-16/h2-10,18H,11,13-14H2,1H3. The van der Waals surface area contributed by atoms with Crippen molar-refractivity contribution in [2.45, 2.75) is 19.4 Å². The molecule has 3 rings (SSSR count). The van der Waals surface area contributed by atoms with E-state index in [0.29, 0.717) is 24.2 Å². The molecule has 5 nitrogen and oxygen atoms in total. The lowest BCUT2D eigenvalue weighted by molar-refractivity contribution is -0.137. The number of hydrogen-bond donors (Lipinski definition) is 0. The average Bonchev–Trinajstić information content (AvgIpc) is 2.63. The smallest absolute Gasteiger partial charge is 0.246 e. The van der Waals surface area contributed by atoms with Gasteiger partial charge in [0.15, 0.2) is 0 Å². The molecule has 0 spiro atoms. The molecule has 25 heavy (non-hydrogen) atoms. The summed E-state index contributed by atoms with van der Waals surface area (Å²) in [4.78, 5) is 27.9. The highest BCUT2D eigenvalue weighted by Gasteiger charge is 2.35. The first-order valence-corrected chi connectivity index (χ1v) is 8.20. The van der Waals surface area contributed by atoms with Crippen molar-refractivity contribution in [3.8, 4) is 6.07 Å². The predicted molar refractivity (Wildman–Crippen MR) is 94.8 cm³/mol. The van der Waals surface area contributed by atoms with E-state index >= 15 is 0 Å². The molecule has 2 aromatic carbocycles. The van der Waals surface area contributed by atoms with Crippen LogP contribution in [0.2, 0.25) is 0 Å². The Labute approximate surface area is 147 Å². The molecule has 0 bridgehead atoms. The van der Waals surface area contributed by atoms with Crippen molar-refractivity contribution in [3.63, 3.8) is 0 Å². The van der Waals surface area contributed by atoms with Gasteiger partial charge in [-0.25, -0.2) is 0 Å². The molecule has 1 fully saturated rings. The van der Waals surface area contributed by atoms with Crippen LogP contribution in [0.3, 0.4) is 0 Å². The first kappa shape index (κ1) is 16.7. The Hall–Kier alpha value is -3.13. The number of amides is 2. The molecule has 1 unspecified atom stereocenters. The Morgan fingerprint density at radius 3 is 2.52 bits per heavy atom. The van der Waals surface area contributed by atoms with E-state index in [-0.39, 0.29) is 24.4 Å². The van der Waals surface area contributed by atoms with Crippen molar-refractivity contribution in [1.29, 1.82) is 5.26 Å². The van der Waals surface area contributed by atoms with Crippen LogP contribution in [0.4, 0.5) is 5.69 Å². The second kappa shape index (κ2) is 7.18. The van der Waals surface area contributed by atoms with Gasteiger partial charge in [0.25, 0.3) is 0 Å². The lowest BCUT2D eigenvalue weighted by Crippen LogP contribution is -2.58. The van der Waals surface area contributed by atoms with Crippen molar-refractivity contribution in [3.05, 3.63) is 65.7 Å². The van der Waals surface area contributed by atoms with Gasteiger partial charge in [-0.05, 0) is 24.1 Å². The molecule has 126 valence electrons. The molecule has 2 amide bonds. The van der Waals surface area contributed by atoms with E-state index < -0.39 is 0 Å². The van der Waals surface area contributed by atoms with Gasteiger partial charge < -0.3 is 9.80 Å². The molecular formula is C20H19N3O2. The number of carbonyl (C=O) groups excluding carboxylic acids is 2. The van der Waals surface area contributed by atoms with Crippen LogP contribution in [-0.2, 0) is 16.0 Å². The molecule has 1 atom stereocenters. The number of rotatable bonds is 3. The highest BCUT2D eigenvalue weighted by molar-refractivity contribution is 5.99. The minimum atomic E-state index is -0.165. The van der Waals surface area contributed by atoms with Crippen LogP contribution in [0, 0.1) is 11.3 Å². The van der Waals surface area contributed by atoms with E-state index in [4.69, 9.17) is 0 Å². The zero-order chi connectivity index (χ0) is 17.8. The first-order valence-electron chi connectivity index (χ1n) is 8.20. The first-order chi connectivity index (χ1) is 12.1. The number of nitrogens with zero attached hydrogens (tertiary/aromatic N) is 3. The van der Waals surface area contributed by atoms with Gasteiger partial charge >= 0.3 is 0 Å². The van der Waals surface area contributed by atoms with Crippen molar-refractivity contribution in [2.75, 3.05) is 18.0 Å². The quantitative estimate of drug-likeness (QED) is 0.866. The zero-order valence-corrected chi connectivity index (χ0v) is 14.1. The highest BCUT2D eigenvalue weighted by Crippen LogP contribution is 2.25. The van der Waals surface area contributed by atoms with Gasteiger partial charge in [-0.3, -0.25) is 9.59 Å². The van der Waals surface area contributed by atoms with Crippen molar-refractivity contribution in [2.24, 2.45) is 0 Å². The maximum atomic E-state index is 12.6. The number of benzene rings is 2. The van der Waals surface area contributed by atoms with E-state index in [9.17, 15) is 14.9 Å². The fourth-order valence-corrected chi connectivity index (χ4v) is 3.24. The van der Waals surface area contributed by atoms with Crippen LogP contribution >= 0.6 is 0 Å². The van der Waals surface area contributed by atoms with Gasteiger partial charge in [0.2, 0.25) is 11.8 Å². The maximum absolute atomic E-state index is 12.6. The molecule has 0 aliphatic carbocycles. The Morgan fingerprint density at radius 1 is 1.16 bits per heavy atom. The lowest BCUT2D eigenvalue weighted by atomic mass is 10.0. The van der Waals surface area contributed by atoms with Gasteiger partial charge in [0.1, 0.15) is 12.6 Å². The summed E-state index contributed by atoms with van der Waals surface area (Å²) in [6, 6.07) is 19.0. The van der Waals surface area contributed by atoms with E-state index in [1.54, 1.807) is 28.0 Å². The SMILES string of the molecule is CC(=O)N1CC(=O)N(c2ccccc2C#N)CC1Cc1ccccc1. The van der Waals surface area contributed by atoms with Gasteiger partial charge in [0, 0.05) is 13.5 Å². The molecule has 0 radical (unpaired) electrons. The molecule has 0 aromatic heterocycles. The third kappa shape index (κ3) is 3.53. The van der Waals surface area contributed by atoms with Gasteiger partial charge in [-0.2, -0.15) is 5.26 Å². The number of anilines is 1. The molecule has 1 aliphatic rings. The maximum Gasteiger partial charge on any atom is 0.246 e. The minimum absolute atomic E-state index is 0.0343. The Balaban J connectivity index is 1.91. The average molecular weight is 333 g/mol. The van der Waals surface area contributed by atoms with Gasteiger partial charge in [-0.1, -0.05) is 42.5 Å². The fourth-order valence-electron chi connectivity index (χ4n) is 3.24. The van der Waals surface area contributed by atoms with E-state index in [1.165, 1.54) is 6.92 Å². The molecule has 0 saturated carbocycles. The van der Waals surface area contributed by atoms with Crippen LogP contribution < -0.4 is 4.90 Å². The van der Waals surface area contributed by atoms with Crippen LogP contribution in [0.5, 0.6) is 0 Å². The summed E-state index contributed by atoms with van der Waals surface area (Å²) in [5.41, 5.74) is 2.18. The second-order valence-electron chi connectivity index (χ2n) is 6.12. The number of piperazine rings is 1. The zero-order valence-electron chi connectivity index (χ0n) is 14.1. The summed E-state index contributed by atoms with van der Waals surface area (Å²) >= 11 is 0. The Bertz CT molecular complexity index is 826. The summed E-state index contributed by atoms with van der Waals surface area (Å²) in [5.74, 6) is -0.273. The monoisotopic (exact) mass is 333 g/mol. The van der Waals surface area contributed by atoms with Crippen molar-refractivity contribution >= 4 is 17.5 Å². The third-order valence-electron chi connectivity index (χ3n) is 4.47. The molecular weight excluding hydrogens is 314 g/mol. The van der Waals surface area contributed by atoms with Crippen LogP contribution in [0.1, 0.15) is 18.1 Å². The highest BCUT2D eigenvalue weighted by atomic mass is 16.2. The lowest BCUT2D eigenvalue weighted by Gasteiger charge is -2.41. The molecule has 2 aromatic rings. The second-order valence-corrected chi connectivity index (χ2v) is 6.12. The van der Waals surface area contributed by atoms with E-state index in [1.807, 2.05) is 36.4 Å². The largest absolute Gasteiger partial charge is 0.328 e. The van der Waals surface area contributed by atoms with Crippen molar-refractivity contribution < 1.29 is 9.59 Å². The molecule has 1 heterocycles. The Morgan fingerprint density at radius 2 is 1.84 bits per heavy atom. The normalized spacial score (nSPS) is 17.3. The summed E-state index contributed by atoms with van der Waals surface area (Å²) < 4.78 is 0. The fraction of sp³-hybridized carbons (Fsp3) is 0.250. The van der Waals surface area contributed by atoms with Gasteiger partial charge in [-0.15, -0.1) is 0 Å². The summed E-state index contributed by atoms with van der Waals surface area (Å²) in [6.45, 7) is 1.91. The van der Waals surface area contributed by atoms with Crippen molar-refractivity contribution in [1.82, 2.24) is 4.90 Å². The molecule has 1 saturated heterocycles. The summed E-state index contributed by atoms with van der Waals surface area (Å²) in [5, 5.41) is 9.32. The van der Waals surface area contributed by atoms with Crippen LogP contribution in [0.15, 0.2) is 54.6 Å². The number of hydrogen-bond acceptors (Lipinski definition) is 3. The molecule has 0 N–H and O–H groups in total. The van der Waals surface area contributed by atoms with Crippen LogP contribution in [0.25, 0.3) is 0 Å². The molecule has 1 aliphatic heterocycles. The Kier molecular flexibility index (Phi) is 4.80. The third-order valence-corrected chi connectivity index (χ3v) is 4.47. The predicted octanol–water partition coefficient (Wildman–Crippen LogP) is 2.36. The van der Waals surface area contributed by atoms with E-state index in [2.05, 4.69) is 6.07 Å². The minimum Gasteiger partial charge on any atom is -0.328 e. The van der Waals surface area contributed by atoms with Gasteiger partial charge in [0.05, 0.1) is 17.3 Å². The van der Waals surface area contributed by atoms with E-state index in [0.717, 1.165) is 5.56 Å².